The van der Waals surface area contributed by atoms with Crippen LogP contribution in [0.2, 0.25) is 0 Å². The van der Waals surface area contributed by atoms with Gasteiger partial charge in [-0.1, -0.05) is 73.7 Å². The summed E-state index contributed by atoms with van der Waals surface area (Å²) < 4.78 is 0. The van der Waals surface area contributed by atoms with Crippen molar-refractivity contribution < 1.29 is 0 Å². The van der Waals surface area contributed by atoms with E-state index in [4.69, 9.17) is 0 Å². The number of pyridine rings is 1. The average Bonchev–Trinajstić information content (AvgIpc) is 2.75. The first kappa shape index (κ1) is 16.7. The Labute approximate surface area is 155 Å². The van der Waals surface area contributed by atoms with Crippen molar-refractivity contribution in [2.24, 2.45) is 0 Å². The molecule has 1 aliphatic heterocycles. The highest BCUT2D eigenvalue weighted by molar-refractivity contribution is 5.67. The molecule has 2 nitrogen and oxygen atoms in total. The van der Waals surface area contributed by atoms with Crippen molar-refractivity contribution in [1.82, 2.24) is 10.3 Å². The molecular weight excluding hydrogens is 316 g/mol. The fourth-order valence-electron chi connectivity index (χ4n) is 3.68. The van der Waals surface area contributed by atoms with Crippen LogP contribution < -0.4 is 5.32 Å². The molecule has 4 rings (SSSR count). The third-order valence-corrected chi connectivity index (χ3v) is 5.27. The van der Waals surface area contributed by atoms with Crippen LogP contribution in [0.15, 0.2) is 85.1 Å². The van der Waals surface area contributed by atoms with Gasteiger partial charge in [0, 0.05) is 30.4 Å². The van der Waals surface area contributed by atoms with Gasteiger partial charge in [0.1, 0.15) is 0 Å². The van der Waals surface area contributed by atoms with Crippen LogP contribution in [-0.2, 0) is 0 Å². The van der Waals surface area contributed by atoms with Gasteiger partial charge in [-0.05, 0) is 40.8 Å². The Morgan fingerprint density at radius 2 is 1.58 bits per heavy atom. The van der Waals surface area contributed by atoms with Gasteiger partial charge >= 0.3 is 0 Å². The molecule has 1 aromatic heterocycles. The number of hydrogen-bond acceptors (Lipinski definition) is 2. The van der Waals surface area contributed by atoms with Crippen molar-refractivity contribution in [2.45, 2.75) is 25.3 Å². The SMILES string of the molecule is CC(c1cc(-c2ccccc2)ccn1)C1CC(c2ccccc2)=CCN1. The lowest BCUT2D eigenvalue weighted by Gasteiger charge is -2.29. The normalized spacial score (nSPS) is 18.2. The summed E-state index contributed by atoms with van der Waals surface area (Å²) in [7, 11) is 0. The molecule has 2 aromatic carbocycles. The molecule has 26 heavy (non-hydrogen) atoms. The lowest BCUT2D eigenvalue weighted by atomic mass is 9.86. The molecular formula is C24H24N2. The summed E-state index contributed by atoms with van der Waals surface area (Å²) in [6.07, 6.45) is 5.28. The van der Waals surface area contributed by atoms with Gasteiger partial charge in [-0.25, -0.2) is 0 Å². The van der Waals surface area contributed by atoms with Crippen LogP contribution in [0.4, 0.5) is 0 Å². The van der Waals surface area contributed by atoms with Crippen LogP contribution in [0, 0.1) is 0 Å². The Balaban J connectivity index is 1.55. The molecule has 2 heterocycles. The van der Waals surface area contributed by atoms with Gasteiger partial charge in [-0.15, -0.1) is 0 Å². The maximum absolute atomic E-state index is 4.68. The van der Waals surface area contributed by atoms with Crippen LogP contribution in [-0.4, -0.2) is 17.6 Å². The van der Waals surface area contributed by atoms with E-state index in [2.05, 4.69) is 96.1 Å². The highest BCUT2D eigenvalue weighted by atomic mass is 14.9. The predicted molar refractivity (Wildman–Crippen MR) is 109 cm³/mol. The Morgan fingerprint density at radius 1 is 0.885 bits per heavy atom. The van der Waals surface area contributed by atoms with E-state index in [0.29, 0.717) is 12.0 Å². The summed E-state index contributed by atoms with van der Waals surface area (Å²) in [4.78, 5) is 4.68. The van der Waals surface area contributed by atoms with Crippen LogP contribution in [0.1, 0.15) is 30.5 Å². The molecule has 0 radical (unpaired) electrons. The van der Waals surface area contributed by atoms with Crippen LogP contribution in [0.3, 0.4) is 0 Å². The topological polar surface area (TPSA) is 24.9 Å². The Morgan fingerprint density at radius 3 is 2.31 bits per heavy atom. The Hall–Kier alpha value is -2.71. The Bertz CT molecular complexity index is 884. The van der Waals surface area contributed by atoms with Gasteiger partial charge in [0.05, 0.1) is 0 Å². The zero-order chi connectivity index (χ0) is 17.8. The van der Waals surface area contributed by atoms with E-state index in [1.165, 1.54) is 22.3 Å². The second-order valence-electron chi connectivity index (χ2n) is 6.94. The monoisotopic (exact) mass is 340 g/mol. The fraction of sp³-hybridized carbons (Fsp3) is 0.208. The molecule has 0 amide bonds. The smallest absolute Gasteiger partial charge is 0.0453 e. The highest BCUT2D eigenvalue weighted by Crippen LogP contribution is 2.30. The van der Waals surface area contributed by atoms with Crippen molar-refractivity contribution in [3.63, 3.8) is 0 Å². The summed E-state index contributed by atoms with van der Waals surface area (Å²) in [6.45, 7) is 3.19. The van der Waals surface area contributed by atoms with Gasteiger partial charge in [0.15, 0.2) is 0 Å². The molecule has 3 aromatic rings. The van der Waals surface area contributed by atoms with Gasteiger partial charge < -0.3 is 5.32 Å². The van der Waals surface area contributed by atoms with Crippen molar-refractivity contribution in [2.75, 3.05) is 6.54 Å². The van der Waals surface area contributed by atoms with Crippen molar-refractivity contribution in [3.05, 3.63) is 96.3 Å². The van der Waals surface area contributed by atoms with E-state index in [9.17, 15) is 0 Å². The molecule has 0 saturated carbocycles. The third kappa shape index (κ3) is 3.61. The number of nitrogens with zero attached hydrogens (tertiary/aromatic N) is 1. The molecule has 2 heteroatoms. The third-order valence-electron chi connectivity index (χ3n) is 5.27. The van der Waals surface area contributed by atoms with Gasteiger partial charge in [-0.3, -0.25) is 4.98 Å². The first-order valence-electron chi connectivity index (χ1n) is 9.30. The van der Waals surface area contributed by atoms with Crippen molar-refractivity contribution in [1.29, 1.82) is 0 Å². The van der Waals surface area contributed by atoms with E-state index < -0.39 is 0 Å². The van der Waals surface area contributed by atoms with Crippen LogP contribution >= 0.6 is 0 Å². The fourth-order valence-corrected chi connectivity index (χ4v) is 3.68. The minimum atomic E-state index is 0.353. The molecule has 0 aliphatic carbocycles. The number of nitrogens with one attached hydrogen (secondary N) is 1. The molecule has 0 fully saturated rings. The van der Waals surface area contributed by atoms with E-state index in [1.807, 2.05) is 6.20 Å². The quantitative estimate of drug-likeness (QED) is 0.697. The van der Waals surface area contributed by atoms with E-state index in [-0.39, 0.29) is 0 Å². The molecule has 0 bridgehead atoms. The summed E-state index contributed by atoms with van der Waals surface area (Å²) in [6, 6.07) is 25.9. The average molecular weight is 340 g/mol. The molecule has 2 unspecified atom stereocenters. The molecule has 130 valence electrons. The van der Waals surface area contributed by atoms with E-state index >= 15 is 0 Å². The van der Waals surface area contributed by atoms with E-state index in [0.717, 1.165) is 18.7 Å². The minimum absolute atomic E-state index is 0.353. The van der Waals surface area contributed by atoms with Gasteiger partial charge in [0.2, 0.25) is 0 Å². The van der Waals surface area contributed by atoms with Gasteiger partial charge in [-0.2, -0.15) is 0 Å². The molecule has 0 saturated heterocycles. The summed E-state index contributed by atoms with van der Waals surface area (Å²) in [5.74, 6) is 0.353. The second kappa shape index (κ2) is 7.67. The lowest BCUT2D eigenvalue weighted by molar-refractivity contribution is 0.460. The highest BCUT2D eigenvalue weighted by Gasteiger charge is 2.24. The van der Waals surface area contributed by atoms with E-state index in [1.54, 1.807) is 0 Å². The standard InChI is InChI=1S/C24H24N2/c1-18(23-16-21(12-14-25-23)19-8-4-2-5-9-19)24-17-22(13-15-26-24)20-10-6-3-7-11-20/h2-14,16,18,24,26H,15,17H2,1H3. The first-order valence-corrected chi connectivity index (χ1v) is 9.30. The number of aromatic nitrogens is 1. The zero-order valence-electron chi connectivity index (χ0n) is 15.1. The first-order chi connectivity index (χ1) is 12.8. The molecule has 2 atom stereocenters. The molecule has 0 spiro atoms. The maximum atomic E-state index is 4.68. The van der Waals surface area contributed by atoms with Gasteiger partial charge in [0.25, 0.3) is 0 Å². The number of rotatable bonds is 4. The molecule has 1 aliphatic rings. The van der Waals surface area contributed by atoms with Crippen LogP contribution in [0.25, 0.3) is 16.7 Å². The summed E-state index contributed by atoms with van der Waals surface area (Å²) in [5, 5.41) is 3.66. The second-order valence-corrected chi connectivity index (χ2v) is 6.94. The van der Waals surface area contributed by atoms with Crippen molar-refractivity contribution in [3.8, 4) is 11.1 Å². The lowest BCUT2D eigenvalue weighted by Crippen LogP contribution is -2.37. The largest absolute Gasteiger partial charge is 0.310 e. The summed E-state index contributed by atoms with van der Waals surface area (Å²) in [5.41, 5.74) is 6.39. The number of hydrogen-bond donors (Lipinski definition) is 1. The Kier molecular flexibility index (Phi) is 4.94. The van der Waals surface area contributed by atoms with Crippen molar-refractivity contribution >= 4 is 5.57 Å². The maximum Gasteiger partial charge on any atom is 0.0453 e. The van der Waals surface area contributed by atoms with Crippen LogP contribution in [0.5, 0.6) is 0 Å². The number of benzene rings is 2. The molecule has 1 N–H and O–H groups in total. The predicted octanol–water partition coefficient (Wildman–Crippen LogP) is 5.30. The minimum Gasteiger partial charge on any atom is -0.310 e. The zero-order valence-corrected chi connectivity index (χ0v) is 15.1. The summed E-state index contributed by atoms with van der Waals surface area (Å²) >= 11 is 0.